The molecule has 0 radical (unpaired) electrons. The van der Waals surface area contributed by atoms with E-state index in [0.717, 1.165) is 5.69 Å². The van der Waals surface area contributed by atoms with E-state index in [2.05, 4.69) is 4.98 Å². The molecule has 1 amide bonds. The van der Waals surface area contributed by atoms with Gasteiger partial charge in [0.25, 0.3) is 0 Å². The zero-order valence-electron chi connectivity index (χ0n) is 12.8. The van der Waals surface area contributed by atoms with Crippen LogP contribution in [-0.4, -0.2) is 44.1 Å². The molecule has 2 N–H and O–H groups in total. The van der Waals surface area contributed by atoms with Gasteiger partial charge in [-0.3, -0.25) is 9.78 Å². The summed E-state index contributed by atoms with van der Waals surface area (Å²) in [4.78, 5) is 30.0. The number of thioether (sulfide) groups is 1. The number of aromatic nitrogens is 1. The van der Waals surface area contributed by atoms with Crippen LogP contribution in [-0.2, 0) is 9.59 Å². The molecule has 4 atom stereocenters. The van der Waals surface area contributed by atoms with Crippen molar-refractivity contribution in [3.8, 4) is 0 Å². The van der Waals surface area contributed by atoms with Gasteiger partial charge in [-0.15, -0.1) is 11.8 Å². The van der Waals surface area contributed by atoms with Gasteiger partial charge >= 0.3 is 5.97 Å². The Kier molecular flexibility index (Phi) is 4.16. The van der Waals surface area contributed by atoms with Gasteiger partial charge in [0.15, 0.2) is 0 Å². The number of fused-ring (bicyclic) bond motifs is 1. The van der Waals surface area contributed by atoms with Crippen LogP contribution in [0.1, 0.15) is 31.2 Å². The predicted octanol–water partition coefficient (Wildman–Crippen LogP) is 1.78. The number of aliphatic hydroxyl groups is 1. The van der Waals surface area contributed by atoms with Gasteiger partial charge in [0.05, 0.1) is 23.8 Å². The lowest BCUT2D eigenvalue weighted by Gasteiger charge is -2.44. The van der Waals surface area contributed by atoms with Crippen molar-refractivity contribution in [1.82, 2.24) is 9.88 Å². The van der Waals surface area contributed by atoms with Gasteiger partial charge in [-0.1, -0.05) is 6.07 Å². The Morgan fingerprint density at radius 3 is 2.74 bits per heavy atom. The quantitative estimate of drug-likeness (QED) is 0.798. The second kappa shape index (κ2) is 5.98. The second-order valence-electron chi connectivity index (χ2n) is 5.84. The monoisotopic (exact) mass is 334 g/mol. The summed E-state index contributed by atoms with van der Waals surface area (Å²) in [5.74, 6) is -1.91. The fourth-order valence-corrected chi connectivity index (χ4v) is 4.48. The van der Waals surface area contributed by atoms with Gasteiger partial charge in [0.1, 0.15) is 5.70 Å². The van der Waals surface area contributed by atoms with E-state index in [4.69, 9.17) is 0 Å². The zero-order valence-corrected chi connectivity index (χ0v) is 13.7. The molecule has 1 fully saturated rings. The molecule has 3 heterocycles. The molecule has 2 aliphatic heterocycles. The van der Waals surface area contributed by atoms with Gasteiger partial charge in [-0.2, -0.15) is 0 Å². The molecule has 1 aromatic rings. The smallest absolute Gasteiger partial charge is 0.353 e. The number of rotatable bonds is 5. The van der Waals surface area contributed by atoms with Gasteiger partial charge in [-0.25, -0.2) is 4.79 Å². The minimum Gasteiger partial charge on any atom is -0.477 e. The number of pyridine rings is 1. The molecule has 3 rings (SSSR count). The molecule has 122 valence electrons. The lowest BCUT2D eigenvalue weighted by Crippen LogP contribution is -2.61. The Labute approximate surface area is 138 Å². The maximum absolute atomic E-state index is 12.1. The summed E-state index contributed by atoms with van der Waals surface area (Å²) >= 11 is 1.42. The first kappa shape index (κ1) is 16.0. The molecular weight excluding hydrogens is 316 g/mol. The maximum atomic E-state index is 12.1. The molecule has 0 aliphatic carbocycles. The van der Waals surface area contributed by atoms with Crippen molar-refractivity contribution in [2.24, 2.45) is 5.92 Å². The molecule has 1 aromatic heterocycles. The summed E-state index contributed by atoms with van der Waals surface area (Å²) in [6, 6.07) is 5.37. The highest BCUT2D eigenvalue weighted by Crippen LogP contribution is 2.49. The van der Waals surface area contributed by atoms with Crippen molar-refractivity contribution < 1.29 is 19.8 Å². The van der Waals surface area contributed by atoms with E-state index in [9.17, 15) is 19.8 Å². The third kappa shape index (κ3) is 2.64. The number of nitrogens with zero attached hydrogens (tertiary/aromatic N) is 2. The van der Waals surface area contributed by atoms with Crippen molar-refractivity contribution in [2.45, 2.75) is 37.7 Å². The standard InChI is InChI=1S/C16H18N2O4S/c1-8(19)13-11-7-12(14(16(21)22)18(11)15(13)20)23-9(2)10-5-3-4-6-17-10/h3-6,8-9,11,13,19H,7H2,1-2H3,(H,21,22). The molecule has 23 heavy (non-hydrogen) atoms. The normalized spacial score (nSPS) is 25.9. The Hall–Kier alpha value is -1.86. The summed E-state index contributed by atoms with van der Waals surface area (Å²) in [5.41, 5.74) is 0.923. The van der Waals surface area contributed by atoms with Crippen LogP contribution in [0.4, 0.5) is 0 Å². The molecule has 0 bridgehead atoms. The third-order valence-electron chi connectivity index (χ3n) is 4.31. The number of carboxylic acid groups (broad SMARTS) is 1. The van der Waals surface area contributed by atoms with E-state index in [0.29, 0.717) is 11.3 Å². The molecule has 7 heteroatoms. The van der Waals surface area contributed by atoms with E-state index < -0.39 is 18.0 Å². The summed E-state index contributed by atoms with van der Waals surface area (Å²) < 4.78 is 0. The van der Waals surface area contributed by atoms with Crippen molar-refractivity contribution in [3.05, 3.63) is 40.7 Å². The average molecular weight is 334 g/mol. The van der Waals surface area contributed by atoms with Crippen LogP contribution in [0.3, 0.4) is 0 Å². The number of carbonyl (C=O) groups is 2. The van der Waals surface area contributed by atoms with E-state index >= 15 is 0 Å². The molecule has 2 aliphatic rings. The van der Waals surface area contributed by atoms with Gasteiger partial charge in [0, 0.05) is 22.8 Å². The van der Waals surface area contributed by atoms with Gasteiger partial charge in [-0.05, 0) is 26.0 Å². The predicted molar refractivity (Wildman–Crippen MR) is 85.3 cm³/mol. The number of hydrogen-bond acceptors (Lipinski definition) is 5. The van der Waals surface area contributed by atoms with Crippen LogP contribution >= 0.6 is 11.8 Å². The molecule has 4 unspecified atom stereocenters. The maximum Gasteiger partial charge on any atom is 0.353 e. The average Bonchev–Trinajstić information content (AvgIpc) is 2.82. The Morgan fingerprint density at radius 2 is 2.17 bits per heavy atom. The first-order valence-electron chi connectivity index (χ1n) is 7.47. The van der Waals surface area contributed by atoms with Crippen LogP contribution < -0.4 is 0 Å². The third-order valence-corrected chi connectivity index (χ3v) is 5.55. The number of hydrogen-bond donors (Lipinski definition) is 2. The van der Waals surface area contributed by atoms with Crippen molar-refractivity contribution in [3.63, 3.8) is 0 Å². The summed E-state index contributed by atoms with van der Waals surface area (Å²) in [5, 5.41) is 19.2. The van der Waals surface area contributed by atoms with Gasteiger partial charge < -0.3 is 15.1 Å². The van der Waals surface area contributed by atoms with Crippen LogP contribution in [0.5, 0.6) is 0 Å². The summed E-state index contributed by atoms with van der Waals surface area (Å²) in [6.45, 7) is 3.53. The van der Waals surface area contributed by atoms with Crippen molar-refractivity contribution >= 4 is 23.6 Å². The Balaban J connectivity index is 1.84. The zero-order chi connectivity index (χ0) is 16.7. The van der Waals surface area contributed by atoms with Crippen molar-refractivity contribution in [2.75, 3.05) is 0 Å². The van der Waals surface area contributed by atoms with E-state index in [1.807, 2.05) is 25.1 Å². The number of amides is 1. The number of aliphatic hydroxyl groups excluding tert-OH is 1. The summed E-state index contributed by atoms with van der Waals surface area (Å²) in [7, 11) is 0. The van der Waals surface area contributed by atoms with E-state index in [1.54, 1.807) is 13.1 Å². The number of aliphatic carboxylic acids is 1. The largest absolute Gasteiger partial charge is 0.477 e. The minimum atomic E-state index is -1.10. The second-order valence-corrected chi connectivity index (χ2v) is 7.27. The lowest BCUT2D eigenvalue weighted by molar-refractivity contribution is -0.161. The first-order chi connectivity index (χ1) is 10.9. The highest BCUT2D eigenvalue weighted by atomic mass is 32.2. The van der Waals surface area contributed by atoms with Crippen LogP contribution in [0.15, 0.2) is 35.0 Å². The molecule has 0 aromatic carbocycles. The number of carbonyl (C=O) groups excluding carboxylic acids is 1. The topological polar surface area (TPSA) is 90.7 Å². The minimum absolute atomic E-state index is 0.0145. The number of carboxylic acids is 1. The van der Waals surface area contributed by atoms with Crippen molar-refractivity contribution in [1.29, 1.82) is 0 Å². The fourth-order valence-electron chi connectivity index (χ4n) is 3.23. The SMILES string of the molecule is CC(SC1=C(C(=O)O)N2C(=O)C(C(C)O)C2C1)c1ccccn1. The van der Waals surface area contributed by atoms with Crippen LogP contribution in [0.25, 0.3) is 0 Å². The Bertz CT molecular complexity index is 674. The van der Waals surface area contributed by atoms with E-state index in [1.165, 1.54) is 16.7 Å². The van der Waals surface area contributed by atoms with Crippen LogP contribution in [0.2, 0.25) is 0 Å². The first-order valence-corrected chi connectivity index (χ1v) is 8.35. The molecule has 0 spiro atoms. The molecular formula is C16H18N2O4S. The highest BCUT2D eigenvalue weighted by Gasteiger charge is 2.56. The molecule has 1 saturated heterocycles. The van der Waals surface area contributed by atoms with Gasteiger partial charge in [0.2, 0.25) is 5.91 Å². The fraction of sp³-hybridized carbons (Fsp3) is 0.438. The summed E-state index contributed by atoms with van der Waals surface area (Å²) in [6.07, 6.45) is 1.41. The number of β-lactam (4-membered cyclic amide) rings is 1. The highest BCUT2D eigenvalue weighted by molar-refractivity contribution is 8.03. The van der Waals surface area contributed by atoms with E-state index in [-0.39, 0.29) is 22.9 Å². The Morgan fingerprint density at radius 1 is 1.43 bits per heavy atom. The molecule has 6 nitrogen and oxygen atoms in total. The van der Waals surface area contributed by atoms with Crippen LogP contribution in [0, 0.1) is 5.92 Å². The lowest BCUT2D eigenvalue weighted by atomic mass is 9.83. The molecule has 0 saturated carbocycles.